The largest absolute Gasteiger partial charge is 0.374 e. The van der Waals surface area contributed by atoms with Crippen molar-refractivity contribution >= 4 is 22.6 Å². The topological polar surface area (TPSA) is 9.23 Å². The second-order valence-corrected chi connectivity index (χ2v) is 5.31. The molecule has 1 saturated heterocycles. The van der Waals surface area contributed by atoms with E-state index >= 15 is 0 Å². The van der Waals surface area contributed by atoms with Gasteiger partial charge >= 0.3 is 0 Å². The lowest BCUT2D eigenvalue weighted by Crippen LogP contribution is -2.23. The lowest BCUT2D eigenvalue weighted by atomic mass is 9.84. The lowest BCUT2D eigenvalue weighted by Gasteiger charge is -2.27. The summed E-state index contributed by atoms with van der Waals surface area (Å²) in [6, 6.07) is 0. The van der Waals surface area contributed by atoms with Crippen molar-refractivity contribution in [3.8, 4) is 0 Å². The Balaban J connectivity index is 1.80. The van der Waals surface area contributed by atoms with E-state index in [0.29, 0.717) is 12.2 Å². The third-order valence-electron chi connectivity index (χ3n) is 3.49. The molecule has 1 aliphatic carbocycles. The Labute approximate surface area is 94.8 Å². The number of rotatable bonds is 2. The molecular formula is C11H19IO. The molecule has 0 bridgehead atoms. The Morgan fingerprint density at radius 3 is 2.38 bits per heavy atom. The molecule has 0 unspecified atom stereocenters. The summed E-state index contributed by atoms with van der Waals surface area (Å²) in [6.07, 6.45) is 11.0. The molecule has 1 nitrogen and oxygen atoms in total. The van der Waals surface area contributed by atoms with Crippen molar-refractivity contribution < 1.29 is 4.74 Å². The maximum atomic E-state index is 6.04. The number of alkyl halides is 1. The van der Waals surface area contributed by atoms with Crippen LogP contribution in [0.4, 0.5) is 0 Å². The van der Waals surface area contributed by atoms with E-state index < -0.39 is 0 Å². The number of halogens is 1. The first-order chi connectivity index (χ1) is 6.40. The van der Waals surface area contributed by atoms with Gasteiger partial charge in [0.2, 0.25) is 0 Å². The minimum Gasteiger partial charge on any atom is -0.374 e. The molecule has 2 aliphatic rings. The van der Waals surface area contributed by atoms with Gasteiger partial charge in [-0.25, -0.2) is 0 Å². The van der Waals surface area contributed by atoms with E-state index in [9.17, 15) is 0 Å². The summed E-state index contributed by atoms with van der Waals surface area (Å²) in [6.45, 7) is 0. The Morgan fingerprint density at radius 2 is 1.77 bits per heavy atom. The number of ether oxygens (including phenoxy) is 1. The van der Waals surface area contributed by atoms with Gasteiger partial charge in [-0.2, -0.15) is 0 Å². The molecular weight excluding hydrogens is 275 g/mol. The van der Waals surface area contributed by atoms with Crippen LogP contribution in [0.1, 0.15) is 44.9 Å². The summed E-state index contributed by atoms with van der Waals surface area (Å²) in [5.74, 6) is 0.904. The van der Waals surface area contributed by atoms with E-state index in [0.717, 1.165) is 5.92 Å². The zero-order chi connectivity index (χ0) is 9.10. The molecule has 1 saturated carbocycles. The van der Waals surface area contributed by atoms with Crippen LogP contribution >= 0.6 is 22.6 Å². The van der Waals surface area contributed by atoms with Gasteiger partial charge in [-0.3, -0.25) is 0 Å². The smallest absolute Gasteiger partial charge is 0.0669 e. The van der Waals surface area contributed by atoms with Crippen LogP contribution in [0.3, 0.4) is 0 Å². The molecule has 0 radical (unpaired) electrons. The van der Waals surface area contributed by atoms with Crippen molar-refractivity contribution in [1.82, 2.24) is 0 Å². The molecule has 1 heterocycles. The van der Waals surface area contributed by atoms with Gasteiger partial charge in [-0.05, 0) is 31.6 Å². The Hall–Kier alpha value is 0.690. The van der Waals surface area contributed by atoms with Crippen molar-refractivity contribution in [2.24, 2.45) is 5.92 Å². The predicted molar refractivity (Wildman–Crippen MR) is 63.4 cm³/mol. The molecule has 76 valence electrons. The van der Waals surface area contributed by atoms with Crippen molar-refractivity contribution in [3.05, 3.63) is 0 Å². The zero-order valence-electron chi connectivity index (χ0n) is 8.18. The first-order valence-corrected chi connectivity index (χ1v) is 7.14. The van der Waals surface area contributed by atoms with Gasteiger partial charge in [-0.15, -0.1) is 0 Å². The van der Waals surface area contributed by atoms with Crippen LogP contribution < -0.4 is 0 Å². The van der Waals surface area contributed by atoms with Crippen molar-refractivity contribution in [2.75, 3.05) is 4.43 Å². The Bertz CT molecular complexity index is 154. The summed E-state index contributed by atoms with van der Waals surface area (Å²) in [5, 5.41) is 0. The highest BCUT2D eigenvalue weighted by atomic mass is 127. The quantitative estimate of drug-likeness (QED) is 0.559. The highest BCUT2D eigenvalue weighted by molar-refractivity contribution is 14.1. The van der Waals surface area contributed by atoms with Gasteiger partial charge in [0.1, 0.15) is 0 Å². The molecule has 2 atom stereocenters. The van der Waals surface area contributed by atoms with E-state index in [2.05, 4.69) is 22.6 Å². The van der Waals surface area contributed by atoms with Crippen LogP contribution in [0.15, 0.2) is 0 Å². The molecule has 13 heavy (non-hydrogen) atoms. The summed E-state index contributed by atoms with van der Waals surface area (Å²) in [7, 11) is 0. The number of hydrogen-bond donors (Lipinski definition) is 0. The molecule has 0 aromatic rings. The second kappa shape index (κ2) is 4.96. The zero-order valence-corrected chi connectivity index (χ0v) is 10.3. The molecule has 0 amide bonds. The normalized spacial score (nSPS) is 36.7. The van der Waals surface area contributed by atoms with Crippen LogP contribution in [0.2, 0.25) is 0 Å². The van der Waals surface area contributed by atoms with E-state index in [-0.39, 0.29) is 0 Å². The highest BCUT2D eigenvalue weighted by Crippen LogP contribution is 2.34. The monoisotopic (exact) mass is 294 g/mol. The highest BCUT2D eigenvalue weighted by Gasteiger charge is 2.31. The van der Waals surface area contributed by atoms with E-state index in [4.69, 9.17) is 4.74 Å². The fourth-order valence-electron chi connectivity index (χ4n) is 2.70. The summed E-state index contributed by atoms with van der Waals surface area (Å²) in [4.78, 5) is 0. The SMILES string of the molecule is IC[C@@H]1CC[C@@H](C2CCCCC2)O1. The predicted octanol–water partition coefficient (Wildman–Crippen LogP) is 3.55. The van der Waals surface area contributed by atoms with E-state index in [1.54, 1.807) is 0 Å². The molecule has 2 heteroatoms. The van der Waals surface area contributed by atoms with Gasteiger partial charge in [-0.1, -0.05) is 41.9 Å². The van der Waals surface area contributed by atoms with Gasteiger partial charge < -0.3 is 4.74 Å². The van der Waals surface area contributed by atoms with Crippen LogP contribution in [-0.2, 0) is 4.74 Å². The van der Waals surface area contributed by atoms with E-state index in [1.807, 2.05) is 0 Å². The van der Waals surface area contributed by atoms with Gasteiger partial charge in [0, 0.05) is 4.43 Å². The summed E-state index contributed by atoms with van der Waals surface area (Å²) < 4.78 is 7.22. The minimum absolute atomic E-state index is 0.576. The first-order valence-electron chi connectivity index (χ1n) is 5.61. The third-order valence-corrected chi connectivity index (χ3v) is 4.47. The number of hydrogen-bond acceptors (Lipinski definition) is 1. The molecule has 0 aromatic carbocycles. The van der Waals surface area contributed by atoms with Crippen molar-refractivity contribution in [1.29, 1.82) is 0 Å². The standard InChI is InChI=1S/C11H19IO/c12-8-10-6-7-11(13-10)9-4-2-1-3-5-9/h9-11H,1-8H2/t10-,11-/m0/s1. The average Bonchev–Trinajstić information content (AvgIpc) is 2.67. The van der Waals surface area contributed by atoms with Crippen molar-refractivity contribution in [3.63, 3.8) is 0 Å². The fourth-order valence-corrected chi connectivity index (χ4v) is 3.35. The van der Waals surface area contributed by atoms with Crippen LogP contribution in [0.5, 0.6) is 0 Å². The van der Waals surface area contributed by atoms with Gasteiger partial charge in [0.25, 0.3) is 0 Å². The Kier molecular flexibility index (Phi) is 3.90. The van der Waals surface area contributed by atoms with Gasteiger partial charge in [0.05, 0.1) is 12.2 Å². The first kappa shape index (κ1) is 10.2. The van der Waals surface area contributed by atoms with Crippen LogP contribution in [0, 0.1) is 5.92 Å². The average molecular weight is 294 g/mol. The molecule has 2 fully saturated rings. The molecule has 2 rings (SSSR count). The fraction of sp³-hybridized carbons (Fsp3) is 1.00. The minimum atomic E-state index is 0.576. The molecule has 0 spiro atoms. The maximum absolute atomic E-state index is 6.04. The Morgan fingerprint density at radius 1 is 1.00 bits per heavy atom. The van der Waals surface area contributed by atoms with Gasteiger partial charge in [0.15, 0.2) is 0 Å². The lowest BCUT2D eigenvalue weighted by molar-refractivity contribution is 0.0114. The van der Waals surface area contributed by atoms with Crippen LogP contribution in [0.25, 0.3) is 0 Å². The van der Waals surface area contributed by atoms with E-state index in [1.165, 1.54) is 49.4 Å². The summed E-state index contributed by atoms with van der Waals surface area (Å²) in [5.41, 5.74) is 0. The van der Waals surface area contributed by atoms with Crippen molar-refractivity contribution in [2.45, 2.75) is 57.2 Å². The van der Waals surface area contributed by atoms with Crippen LogP contribution in [-0.4, -0.2) is 16.6 Å². The summed E-state index contributed by atoms with van der Waals surface area (Å²) >= 11 is 2.45. The molecule has 0 N–H and O–H groups in total. The maximum Gasteiger partial charge on any atom is 0.0669 e. The second-order valence-electron chi connectivity index (χ2n) is 4.43. The molecule has 1 aliphatic heterocycles. The molecule has 0 aromatic heterocycles. The third kappa shape index (κ3) is 2.58.